The fourth-order valence-electron chi connectivity index (χ4n) is 3.44. The molecule has 26 heavy (non-hydrogen) atoms. The minimum Gasteiger partial charge on any atom is -0.361 e. The average Bonchev–Trinajstić information content (AvgIpc) is 3.02. The third kappa shape index (κ3) is 4.53. The molecule has 1 unspecified atom stereocenters. The van der Waals surface area contributed by atoms with Crippen molar-refractivity contribution >= 4 is 16.9 Å². The molecule has 0 bridgehead atoms. The molecule has 2 heterocycles. The van der Waals surface area contributed by atoms with Crippen LogP contribution in [-0.4, -0.2) is 80.7 Å². The van der Waals surface area contributed by atoms with Gasteiger partial charge in [0.15, 0.2) is 5.96 Å². The van der Waals surface area contributed by atoms with E-state index in [0.29, 0.717) is 6.04 Å². The van der Waals surface area contributed by atoms with Crippen LogP contribution < -0.4 is 10.6 Å². The smallest absolute Gasteiger partial charge is 0.191 e. The number of piperazine rings is 1. The molecule has 142 valence electrons. The maximum absolute atomic E-state index is 13.3. The molecule has 3 N–H and O–H groups in total. The molecule has 0 radical (unpaired) electrons. The summed E-state index contributed by atoms with van der Waals surface area (Å²) in [6.45, 7) is 4.91. The molecule has 6 nitrogen and oxygen atoms in total. The second-order valence-corrected chi connectivity index (χ2v) is 7.03. The number of aliphatic imine (C=N–C) groups is 1. The van der Waals surface area contributed by atoms with Crippen LogP contribution in [0.5, 0.6) is 0 Å². The largest absolute Gasteiger partial charge is 0.361 e. The van der Waals surface area contributed by atoms with E-state index >= 15 is 0 Å². The van der Waals surface area contributed by atoms with Gasteiger partial charge >= 0.3 is 0 Å². The molecule has 7 heteroatoms. The Kier molecular flexibility index (Phi) is 6.11. The number of hydrogen-bond donors (Lipinski definition) is 3. The Balaban J connectivity index is 1.48. The summed E-state index contributed by atoms with van der Waals surface area (Å²) in [5.41, 5.74) is 2.02. The van der Waals surface area contributed by atoms with Crippen molar-refractivity contribution < 1.29 is 4.39 Å². The highest BCUT2D eigenvalue weighted by Gasteiger charge is 2.21. The van der Waals surface area contributed by atoms with Gasteiger partial charge in [-0.15, -0.1) is 0 Å². The zero-order chi connectivity index (χ0) is 18.5. The maximum atomic E-state index is 13.3. The van der Waals surface area contributed by atoms with Crippen LogP contribution in [0.3, 0.4) is 0 Å². The van der Waals surface area contributed by atoms with Gasteiger partial charge in [0.2, 0.25) is 0 Å². The molecule has 1 fully saturated rings. The first kappa shape index (κ1) is 18.7. The van der Waals surface area contributed by atoms with Crippen molar-refractivity contribution in [2.75, 3.05) is 53.9 Å². The lowest BCUT2D eigenvalue weighted by atomic mass is 10.1. The molecular weight excluding hydrogens is 331 g/mol. The molecular formula is C19H29FN6. The molecule has 1 saturated heterocycles. The number of halogens is 1. The van der Waals surface area contributed by atoms with E-state index in [0.717, 1.165) is 56.0 Å². The number of aromatic nitrogens is 1. The van der Waals surface area contributed by atoms with Crippen LogP contribution in [0.25, 0.3) is 10.9 Å². The summed E-state index contributed by atoms with van der Waals surface area (Å²) in [6, 6.07) is 5.35. The quantitative estimate of drug-likeness (QED) is 0.555. The second-order valence-electron chi connectivity index (χ2n) is 7.03. The highest BCUT2D eigenvalue weighted by Crippen LogP contribution is 2.19. The van der Waals surface area contributed by atoms with Crippen LogP contribution >= 0.6 is 0 Å². The minimum atomic E-state index is -0.216. The number of rotatable bonds is 5. The molecule has 0 aliphatic carbocycles. The van der Waals surface area contributed by atoms with Crippen LogP contribution in [0.2, 0.25) is 0 Å². The predicted octanol–water partition coefficient (Wildman–Crippen LogP) is 1.26. The van der Waals surface area contributed by atoms with Gasteiger partial charge in [0.25, 0.3) is 0 Å². The lowest BCUT2D eigenvalue weighted by molar-refractivity contribution is 0.116. The van der Waals surface area contributed by atoms with Gasteiger partial charge in [-0.2, -0.15) is 0 Å². The van der Waals surface area contributed by atoms with E-state index in [1.165, 1.54) is 17.7 Å². The summed E-state index contributed by atoms with van der Waals surface area (Å²) in [6.07, 6.45) is 2.80. The van der Waals surface area contributed by atoms with Gasteiger partial charge in [-0.25, -0.2) is 4.39 Å². The SMILES string of the molecule is CN=C(NCCc1c[nH]c2cc(F)ccc12)NCC1CN(C)CCN1C. The van der Waals surface area contributed by atoms with Gasteiger partial charge in [-0.1, -0.05) is 0 Å². The van der Waals surface area contributed by atoms with E-state index < -0.39 is 0 Å². The average molecular weight is 360 g/mol. The van der Waals surface area contributed by atoms with Gasteiger partial charge in [-0.3, -0.25) is 9.89 Å². The maximum Gasteiger partial charge on any atom is 0.191 e. The predicted molar refractivity (Wildman–Crippen MR) is 105 cm³/mol. The van der Waals surface area contributed by atoms with E-state index in [9.17, 15) is 4.39 Å². The van der Waals surface area contributed by atoms with Crippen molar-refractivity contribution in [3.8, 4) is 0 Å². The number of likely N-dealkylation sites (N-methyl/N-ethyl adjacent to an activating group) is 2. The number of nitrogens with zero attached hydrogens (tertiary/aromatic N) is 3. The number of hydrogen-bond acceptors (Lipinski definition) is 3. The van der Waals surface area contributed by atoms with Crippen molar-refractivity contribution in [2.24, 2.45) is 4.99 Å². The first-order valence-electron chi connectivity index (χ1n) is 9.15. The Hall–Kier alpha value is -2.12. The number of H-pyrrole nitrogens is 1. The van der Waals surface area contributed by atoms with Crippen molar-refractivity contribution in [2.45, 2.75) is 12.5 Å². The molecule has 0 amide bonds. The van der Waals surface area contributed by atoms with Gasteiger partial charge in [0.1, 0.15) is 5.82 Å². The van der Waals surface area contributed by atoms with Crippen LogP contribution in [0, 0.1) is 5.82 Å². The molecule has 1 aliphatic heterocycles. The minimum absolute atomic E-state index is 0.216. The van der Waals surface area contributed by atoms with Crippen LogP contribution in [0.1, 0.15) is 5.56 Å². The Morgan fingerprint density at radius 1 is 1.31 bits per heavy atom. The summed E-state index contributed by atoms with van der Waals surface area (Å²) in [5.74, 6) is 0.601. The number of benzene rings is 1. The summed E-state index contributed by atoms with van der Waals surface area (Å²) in [4.78, 5) is 12.2. The standard InChI is InChI=1S/C19H29FN6/c1-21-19(24-12-16-13-25(2)8-9-26(16)3)22-7-6-14-11-23-18-10-15(20)4-5-17(14)18/h4-5,10-11,16,23H,6-9,12-13H2,1-3H3,(H2,21,22,24). The fraction of sp³-hybridized carbons (Fsp3) is 0.526. The molecule has 2 aromatic rings. The molecule has 1 aliphatic rings. The first-order chi connectivity index (χ1) is 12.6. The second kappa shape index (κ2) is 8.51. The Morgan fingerprint density at radius 3 is 2.96 bits per heavy atom. The van der Waals surface area contributed by atoms with E-state index in [1.54, 1.807) is 7.05 Å². The summed E-state index contributed by atoms with van der Waals surface area (Å²) >= 11 is 0. The Labute approximate surface area is 154 Å². The van der Waals surface area contributed by atoms with Crippen LogP contribution in [0.15, 0.2) is 29.4 Å². The number of fused-ring (bicyclic) bond motifs is 1. The lowest BCUT2D eigenvalue weighted by Crippen LogP contribution is -2.55. The van der Waals surface area contributed by atoms with Gasteiger partial charge in [-0.05, 0) is 44.3 Å². The van der Waals surface area contributed by atoms with Gasteiger partial charge in [0.05, 0.1) is 0 Å². The molecule has 0 saturated carbocycles. The summed E-state index contributed by atoms with van der Waals surface area (Å²) in [5, 5.41) is 7.87. The van der Waals surface area contributed by atoms with Crippen LogP contribution in [0.4, 0.5) is 4.39 Å². The Bertz CT molecular complexity index is 756. The molecule has 1 atom stereocenters. The third-order valence-corrected chi connectivity index (χ3v) is 5.13. The van der Waals surface area contributed by atoms with Crippen LogP contribution in [-0.2, 0) is 6.42 Å². The lowest BCUT2D eigenvalue weighted by Gasteiger charge is -2.37. The monoisotopic (exact) mass is 360 g/mol. The fourth-order valence-corrected chi connectivity index (χ4v) is 3.44. The number of aromatic amines is 1. The highest BCUT2D eigenvalue weighted by molar-refractivity contribution is 5.83. The normalized spacial score (nSPS) is 19.8. The zero-order valence-corrected chi connectivity index (χ0v) is 15.8. The van der Waals surface area contributed by atoms with Crippen molar-refractivity contribution in [1.82, 2.24) is 25.4 Å². The van der Waals surface area contributed by atoms with Crippen molar-refractivity contribution in [3.05, 3.63) is 35.8 Å². The van der Waals surface area contributed by atoms with E-state index in [4.69, 9.17) is 0 Å². The third-order valence-electron chi connectivity index (χ3n) is 5.13. The first-order valence-corrected chi connectivity index (χ1v) is 9.15. The molecule has 0 spiro atoms. The number of nitrogens with one attached hydrogen (secondary N) is 3. The summed E-state index contributed by atoms with van der Waals surface area (Å²) < 4.78 is 13.3. The van der Waals surface area contributed by atoms with E-state index in [-0.39, 0.29) is 5.82 Å². The van der Waals surface area contributed by atoms with Crippen molar-refractivity contribution in [3.63, 3.8) is 0 Å². The zero-order valence-electron chi connectivity index (χ0n) is 15.8. The molecule has 1 aromatic carbocycles. The highest BCUT2D eigenvalue weighted by atomic mass is 19.1. The Morgan fingerprint density at radius 2 is 2.15 bits per heavy atom. The molecule has 1 aromatic heterocycles. The van der Waals surface area contributed by atoms with Gasteiger partial charge in [0, 0.05) is 62.9 Å². The summed E-state index contributed by atoms with van der Waals surface area (Å²) in [7, 11) is 6.13. The topological polar surface area (TPSA) is 58.7 Å². The van der Waals surface area contributed by atoms with Gasteiger partial charge < -0.3 is 20.5 Å². The van der Waals surface area contributed by atoms with E-state index in [2.05, 4.69) is 44.5 Å². The van der Waals surface area contributed by atoms with Crippen molar-refractivity contribution in [1.29, 1.82) is 0 Å². The number of guanidine groups is 1. The molecule has 3 rings (SSSR count). The van der Waals surface area contributed by atoms with E-state index in [1.807, 2.05) is 12.3 Å².